The summed E-state index contributed by atoms with van der Waals surface area (Å²) >= 11 is 0. The molecule has 0 spiro atoms. The Morgan fingerprint density at radius 3 is 2.72 bits per heavy atom. The molecule has 1 aromatic rings. The highest BCUT2D eigenvalue weighted by atomic mass is 16.5. The SMILES string of the molecule is COc1ccc(CN2CCC2C(=O)NCCC2CC3CCC2O3)cc1. The molecule has 5 heteroatoms. The van der Waals surface area contributed by atoms with Gasteiger partial charge in [0, 0.05) is 19.6 Å². The molecule has 1 aromatic carbocycles. The summed E-state index contributed by atoms with van der Waals surface area (Å²) in [6.45, 7) is 2.59. The Balaban J connectivity index is 1.20. The lowest BCUT2D eigenvalue weighted by atomic mass is 9.87. The lowest BCUT2D eigenvalue weighted by molar-refractivity contribution is -0.131. The highest BCUT2D eigenvalue weighted by Crippen LogP contribution is 2.40. The number of fused-ring (bicyclic) bond motifs is 2. The standard InChI is InChI=1S/C20H28N2O3/c1-24-16-4-2-14(3-5-16)13-22-11-9-18(22)20(23)21-10-8-15-12-17-6-7-19(15)25-17/h2-5,15,17-19H,6-13H2,1H3,(H,21,23). The van der Waals surface area contributed by atoms with E-state index in [1.165, 1.54) is 24.8 Å². The Kier molecular flexibility index (Phi) is 4.95. The molecule has 0 saturated carbocycles. The van der Waals surface area contributed by atoms with E-state index >= 15 is 0 Å². The Morgan fingerprint density at radius 2 is 2.12 bits per heavy atom. The van der Waals surface area contributed by atoms with Gasteiger partial charge in [-0.15, -0.1) is 0 Å². The number of hydrogen-bond acceptors (Lipinski definition) is 4. The quantitative estimate of drug-likeness (QED) is 0.825. The summed E-state index contributed by atoms with van der Waals surface area (Å²) in [5, 5.41) is 3.15. The second kappa shape index (κ2) is 7.34. The van der Waals surface area contributed by atoms with Crippen molar-refractivity contribution in [2.45, 2.75) is 56.9 Å². The first kappa shape index (κ1) is 16.9. The first-order valence-corrected chi connectivity index (χ1v) is 9.53. The molecular formula is C20H28N2O3. The third-order valence-corrected chi connectivity index (χ3v) is 6.02. The van der Waals surface area contributed by atoms with Crippen LogP contribution in [0.3, 0.4) is 0 Å². The third-order valence-electron chi connectivity index (χ3n) is 6.02. The van der Waals surface area contributed by atoms with E-state index < -0.39 is 0 Å². The maximum atomic E-state index is 12.5. The predicted octanol–water partition coefficient (Wildman–Crippen LogP) is 2.34. The van der Waals surface area contributed by atoms with Gasteiger partial charge in [0.2, 0.25) is 5.91 Å². The predicted molar refractivity (Wildman–Crippen MR) is 95.4 cm³/mol. The maximum Gasteiger partial charge on any atom is 0.237 e. The molecule has 4 unspecified atom stereocenters. The average molecular weight is 344 g/mol. The molecule has 3 heterocycles. The second-order valence-electron chi connectivity index (χ2n) is 7.57. The molecule has 25 heavy (non-hydrogen) atoms. The van der Waals surface area contributed by atoms with Gasteiger partial charge in [-0.1, -0.05) is 12.1 Å². The highest BCUT2D eigenvalue weighted by Gasteiger charge is 2.40. The molecule has 4 atom stereocenters. The first-order valence-electron chi connectivity index (χ1n) is 9.53. The lowest BCUT2D eigenvalue weighted by Gasteiger charge is -2.39. The monoisotopic (exact) mass is 344 g/mol. The number of rotatable bonds is 7. The summed E-state index contributed by atoms with van der Waals surface area (Å²) in [7, 11) is 1.67. The minimum atomic E-state index is 0.0263. The fourth-order valence-corrected chi connectivity index (χ4v) is 4.44. The van der Waals surface area contributed by atoms with Crippen molar-refractivity contribution in [3.8, 4) is 5.75 Å². The largest absolute Gasteiger partial charge is 0.497 e. The molecule has 2 bridgehead atoms. The molecule has 3 fully saturated rings. The minimum Gasteiger partial charge on any atom is -0.497 e. The smallest absolute Gasteiger partial charge is 0.237 e. The van der Waals surface area contributed by atoms with Crippen LogP contribution in [-0.2, 0) is 16.1 Å². The zero-order chi connectivity index (χ0) is 17.2. The molecule has 0 aromatic heterocycles. The van der Waals surface area contributed by atoms with Gasteiger partial charge in [0.05, 0.1) is 25.4 Å². The summed E-state index contributed by atoms with van der Waals surface area (Å²) < 4.78 is 11.1. The zero-order valence-corrected chi connectivity index (χ0v) is 14.9. The van der Waals surface area contributed by atoms with Gasteiger partial charge in [-0.05, 0) is 55.7 Å². The Labute approximate surface area is 149 Å². The van der Waals surface area contributed by atoms with Crippen LogP contribution < -0.4 is 10.1 Å². The van der Waals surface area contributed by atoms with Crippen molar-refractivity contribution in [1.82, 2.24) is 10.2 Å². The molecule has 3 saturated heterocycles. The number of hydrogen-bond donors (Lipinski definition) is 1. The van der Waals surface area contributed by atoms with Crippen LogP contribution in [0.5, 0.6) is 5.75 Å². The van der Waals surface area contributed by atoms with Crippen LogP contribution in [0.2, 0.25) is 0 Å². The fraction of sp³-hybridized carbons (Fsp3) is 0.650. The van der Waals surface area contributed by atoms with Crippen molar-refractivity contribution < 1.29 is 14.3 Å². The van der Waals surface area contributed by atoms with Crippen LogP contribution in [-0.4, -0.2) is 49.3 Å². The van der Waals surface area contributed by atoms with E-state index in [1.807, 2.05) is 12.1 Å². The number of amides is 1. The Morgan fingerprint density at radius 1 is 1.28 bits per heavy atom. The van der Waals surface area contributed by atoms with Gasteiger partial charge in [0.1, 0.15) is 5.75 Å². The topological polar surface area (TPSA) is 50.8 Å². The number of ether oxygens (including phenoxy) is 2. The van der Waals surface area contributed by atoms with Crippen molar-refractivity contribution in [2.24, 2.45) is 5.92 Å². The van der Waals surface area contributed by atoms with E-state index in [0.717, 1.165) is 38.2 Å². The summed E-state index contributed by atoms with van der Waals surface area (Å²) in [5.41, 5.74) is 1.22. The fourth-order valence-electron chi connectivity index (χ4n) is 4.44. The summed E-state index contributed by atoms with van der Waals surface area (Å²) in [6.07, 6.45) is 6.59. The average Bonchev–Trinajstić information content (AvgIpc) is 3.22. The summed E-state index contributed by atoms with van der Waals surface area (Å²) in [6, 6.07) is 8.12. The van der Waals surface area contributed by atoms with Gasteiger partial charge in [-0.25, -0.2) is 0 Å². The molecule has 1 amide bonds. The van der Waals surface area contributed by atoms with E-state index in [4.69, 9.17) is 9.47 Å². The number of benzene rings is 1. The molecule has 3 aliphatic heterocycles. The molecule has 4 rings (SSSR count). The van der Waals surface area contributed by atoms with Crippen LogP contribution in [0.25, 0.3) is 0 Å². The minimum absolute atomic E-state index is 0.0263. The van der Waals surface area contributed by atoms with Gasteiger partial charge in [0.25, 0.3) is 0 Å². The van der Waals surface area contributed by atoms with Crippen LogP contribution in [0.15, 0.2) is 24.3 Å². The molecule has 5 nitrogen and oxygen atoms in total. The van der Waals surface area contributed by atoms with Crippen LogP contribution >= 0.6 is 0 Å². The molecule has 136 valence electrons. The van der Waals surface area contributed by atoms with Crippen molar-refractivity contribution in [3.05, 3.63) is 29.8 Å². The molecular weight excluding hydrogens is 316 g/mol. The summed E-state index contributed by atoms with van der Waals surface area (Å²) in [4.78, 5) is 14.7. The second-order valence-corrected chi connectivity index (χ2v) is 7.57. The van der Waals surface area contributed by atoms with Crippen molar-refractivity contribution in [1.29, 1.82) is 0 Å². The van der Waals surface area contributed by atoms with Crippen LogP contribution in [0, 0.1) is 5.92 Å². The summed E-state index contributed by atoms with van der Waals surface area (Å²) in [5.74, 6) is 1.70. The van der Waals surface area contributed by atoms with Gasteiger partial charge in [-0.3, -0.25) is 9.69 Å². The van der Waals surface area contributed by atoms with E-state index in [0.29, 0.717) is 18.1 Å². The molecule has 0 radical (unpaired) electrons. The van der Waals surface area contributed by atoms with Crippen molar-refractivity contribution in [3.63, 3.8) is 0 Å². The molecule has 1 N–H and O–H groups in total. The highest BCUT2D eigenvalue weighted by molar-refractivity contribution is 5.82. The lowest BCUT2D eigenvalue weighted by Crippen LogP contribution is -2.55. The normalized spacial score (nSPS) is 30.9. The van der Waals surface area contributed by atoms with E-state index in [9.17, 15) is 4.79 Å². The Bertz CT molecular complexity index is 603. The van der Waals surface area contributed by atoms with E-state index in [2.05, 4.69) is 22.3 Å². The number of likely N-dealkylation sites (tertiary alicyclic amines) is 1. The molecule has 0 aliphatic carbocycles. The van der Waals surface area contributed by atoms with Gasteiger partial charge in [0.15, 0.2) is 0 Å². The molecule has 3 aliphatic rings. The van der Waals surface area contributed by atoms with Crippen LogP contribution in [0.1, 0.15) is 37.7 Å². The van der Waals surface area contributed by atoms with Crippen molar-refractivity contribution in [2.75, 3.05) is 20.2 Å². The van der Waals surface area contributed by atoms with Crippen LogP contribution in [0.4, 0.5) is 0 Å². The number of nitrogens with one attached hydrogen (secondary N) is 1. The van der Waals surface area contributed by atoms with Gasteiger partial charge in [-0.2, -0.15) is 0 Å². The van der Waals surface area contributed by atoms with E-state index in [-0.39, 0.29) is 11.9 Å². The number of carbonyl (C=O) groups is 1. The van der Waals surface area contributed by atoms with Gasteiger partial charge >= 0.3 is 0 Å². The Hall–Kier alpha value is -1.59. The number of nitrogens with zero attached hydrogens (tertiary/aromatic N) is 1. The third kappa shape index (κ3) is 3.67. The van der Waals surface area contributed by atoms with Crippen molar-refractivity contribution >= 4 is 5.91 Å². The zero-order valence-electron chi connectivity index (χ0n) is 14.9. The first-order chi connectivity index (χ1) is 12.2. The number of carbonyl (C=O) groups excluding carboxylic acids is 1. The van der Waals surface area contributed by atoms with E-state index in [1.54, 1.807) is 7.11 Å². The van der Waals surface area contributed by atoms with Gasteiger partial charge < -0.3 is 14.8 Å². The maximum absolute atomic E-state index is 12.5. The number of methoxy groups -OCH3 is 1.